The molecule has 1 atom stereocenters. The van der Waals surface area contributed by atoms with Gasteiger partial charge < -0.3 is 9.64 Å². The summed E-state index contributed by atoms with van der Waals surface area (Å²) >= 11 is 0. The molecule has 8 heteroatoms. The number of amides is 1. The van der Waals surface area contributed by atoms with Gasteiger partial charge in [-0.1, -0.05) is 12.1 Å². The van der Waals surface area contributed by atoms with Gasteiger partial charge in [-0.25, -0.2) is 13.2 Å². The van der Waals surface area contributed by atoms with E-state index in [1.165, 1.54) is 0 Å². The number of likely N-dealkylation sites (tertiary alicyclic amines) is 1. The van der Waals surface area contributed by atoms with Gasteiger partial charge in [0.25, 0.3) is 10.0 Å². The van der Waals surface area contributed by atoms with Crippen LogP contribution in [-0.4, -0.2) is 50.0 Å². The third kappa shape index (κ3) is 4.00. The second-order valence-electron chi connectivity index (χ2n) is 7.61. The summed E-state index contributed by atoms with van der Waals surface area (Å²) in [5.41, 5.74) is 0.0254. The van der Waals surface area contributed by atoms with Gasteiger partial charge in [0.1, 0.15) is 11.4 Å². The highest BCUT2D eigenvalue weighted by Gasteiger charge is 2.33. The molecule has 1 fully saturated rings. The van der Waals surface area contributed by atoms with Crippen LogP contribution in [0, 0.1) is 0 Å². The van der Waals surface area contributed by atoms with Crippen LogP contribution in [0.3, 0.4) is 0 Å². The Bertz CT molecular complexity index is 827. The number of benzene rings is 1. The summed E-state index contributed by atoms with van der Waals surface area (Å²) < 4.78 is 32.3. The van der Waals surface area contributed by atoms with E-state index < -0.39 is 15.6 Å². The van der Waals surface area contributed by atoms with Gasteiger partial charge in [-0.05, 0) is 52.2 Å². The van der Waals surface area contributed by atoms with Crippen LogP contribution in [0.2, 0.25) is 0 Å². The summed E-state index contributed by atoms with van der Waals surface area (Å²) in [6, 6.07) is 6.67. The Labute approximate surface area is 154 Å². The molecular formula is C18H25N3O4S. The molecule has 1 aromatic rings. The number of rotatable bonds is 2. The number of nitrogens with zero attached hydrogens (tertiary/aromatic N) is 2. The molecule has 0 aromatic heterocycles. The molecule has 142 valence electrons. The van der Waals surface area contributed by atoms with Gasteiger partial charge in [0.2, 0.25) is 0 Å². The summed E-state index contributed by atoms with van der Waals surface area (Å²) in [7, 11) is -3.55. The third-order valence-electron chi connectivity index (χ3n) is 4.38. The highest BCUT2D eigenvalue weighted by molar-refractivity contribution is 7.90. The minimum atomic E-state index is -3.55. The van der Waals surface area contributed by atoms with E-state index in [-0.39, 0.29) is 17.0 Å². The normalized spacial score (nSPS) is 23.4. The Morgan fingerprint density at radius 2 is 2.04 bits per heavy atom. The molecular weight excluding hydrogens is 354 g/mol. The van der Waals surface area contributed by atoms with Crippen LogP contribution in [0.1, 0.15) is 45.6 Å². The minimum Gasteiger partial charge on any atom is -0.444 e. The molecule has 0 saturated carbocycles. The molecule has 1 saturated heterocycles. The first kappa shape index (κ1) is 18.7. The van der Waals surface area contributed by atoms with Gasteiger partial charge >= 0.3 is 6.09 Å². The zero-order valence-corrected chi connectivity index (χ0v) is 16.2. The number of nitrogens with one attached hydrogen (secondary N) is 1. The zero-order chi connectivity index (χ0) is 18.9. The SMILES string of the molecule is CC(C)(C)OC(=O)N1CCCC[C@H]1CN=C1NS(=O)(=O)c2ccccc21. The van der Waals surface area contributed by atoms with E-state index in [0.29, 0.717) is 24.5 Å². The lowest BCUT2D eigenvalue weighted by Gasteiger charge is -2.36. The molecule has 0 spiro atoms. The molecule has 1 amide bonds. The standard InChI is InChI=1S/C18H25N3O4S/c1-18(2,3)25-17(22)21-11-7-6-8-13(21)12-19-16-14-9-4-5-10-15(14)26(23,24)20-16/h4-5,9-10,13H,6-8,11-12H2,1-3H3,(H,19,20)/t13-/m0/s1. The fourth-order valence-corrected chi connectivity index (χ4v) is 4.45. The van der Waals surface area contributed by atoms with Crippen LogP contribution >= 0.6 is 0 Å². The van der Waals surface area contributed by atoms with Gasteiger partial charge in [0, 0.05) is 12.1 Å². The maximum Gasteiger partial charge on any atom is 0.410 e. The Morgan fingerprint density at radius 1 is 1.31 bits per heavy atom. The van der Waals surface area contributed by atoms with Crippen molar-refractivity contribution in [2.75, 3.05) is 13.1 Å². The maximum absolute atomic E-state index is 12.5. The first-order valence-corrected chi connectivity index (χ1v) is 10.3. The second-order valence-corrected chi connectivity index (χ2v) is 9.27. The number of piperidine rings is 1. The predicted octanol–water partition coefficient (Wildman–Crippen LogP) is 2.51. The van der Waals surface area contributed by atoms with Crippen molar-refractivity contribution in [2.24, 2.45) is 4.99 Å². The Kier molecular flexibility index (Phi) is 4.96. The zero-order valence-electron chi connectivity index (χ0n) is 15.4. The van der Waals surface area contributed by atoms with Gasteiger partial charge in [-0.2, -0.15) is 0 Å². The Balaban J connectivity index is 1.77. The summed E-state index contributed by atoms with van der Waals surface area (Å²) in [4.78, 5) is 18.9. The highest BCUT2D eigenvalue weighted by atomic mass is 32.2. The van der Waals surface area contributed by atoms with E-state index in [0.717, 1.165) is 19.3 Å². The van der Waals surface area contributed by atoms with E-state index in [1.54, 1.807) is 29.2 Å². The molecule has 26 heavy (non-hydrogen) atoms. The van der Waals surface area contributed by atoms with E-state index in [4.69, 9.17) is 4.74 Å². The number of hydrogen-bond acceptors (Lipinski definition) is 5. The van der Waals surface area contributed by atoms with Crippen molar-refractivity contribution in [3.8, 4) is 0 Å². The van der Waals surface area contributed by atoms with Crippen molar-refractivity contribution in [2.45, 2.75) is 56.6 Å². The average molecular weight is 379 g/mol. The van der Waals surface area contributed by atoms with Gasteiger partial charge in [0.15, 0.2) is 0 Å². The molecule has 2 aliphatic rings. The summed E-state index contributed by atoms with van der Waals surface area (Å²) in [5.74, 6) is 0.343. The molecule has 2 heterocycles. The van der Waals surface area contributed by atoms with Crippen LogP contribution in [0.15, 0.2) is 34.2 Å². The highest BCUT2D eigenvalue weighted by Crippen LogP contribution is 2.24. The largest absolute Gasteiger partial charge is 0.444 e. The number of sulfonamides is 1. The van der Waals surface area contributed by atoms with Crippen LogP contribution < -0.4 is 4.72 Å². The molecule has 2 aliphatic heterocycles. The van der Waals surface area contributed by atoms with Crippen molar-refractivity contribution in [3.05, 3.63) is 29.8 Å². The smallest absolute Gasteiger partial charge is 0.410 e. The first-order chi connectivity index (χ1) is 12.2. The average Bonchev–Trinajstić information content (AvgIpc) is 2.83. The lowest BCUT2D eigenvalue weighted by atomic mass is 10.0. The molecule has 0 unspecified atom stereocenters. The van der Waals surface area contributed by atoms with Crippen LogP contribution in [0.4, 0.5) is 4.79 Å². The first-order valence-electron chi connectivity index (χ1n) is 8.84. The molecule has 1 aromatic carbocycles. The predicted molar refractivity (Wildman–Crippen MR) is 98.7 cm³/mol. The van der Waals surface area contributed by atoms with Crippen LogP contribution in [0.25, 0.3) is 0 Å². The fraction of sp³-hybridized carbons (Fsp3) is 0.556. The molecule has 0 aliphatic carbocycles. The summed E-state index contributed by atoms with van der Waals surface area (Å²) in [6.45, 7) is 6.50. The number of aliphatic imine (C=N–C) groups is 1. The minimum absolute atomic E-state index is 0.0941. The number of hydrogen-bond donors (Lipinski definition) is 1. The molecule has 7 nitrogen and oxygen atoms in total. The van der Waals surface area contributed by atoms with Gasteiger partial charge in [0.05, 0.1) is 17.5 Å². The molecule has 1 N–H and O–H groups in total. The lowest BCUT2D eigenvalue weighted by Crippen LogP contribution is -2.47. The monoisotopic (exact) mass is 379 g/mol. The van der Waals surface area contributed by atoms with Crippen molar-refractivity contribution >= 4 is 22.0 Å². The van der Waals surface area contributed by atoms with Crippen molar-refractivity contribution in [1.29, 1.82) is 0 Å². The molecule has 3 rings (SSSR count). The summed E-state index contributed by atoms with van der Waals surface area (Å²) in [6.07, 6.45) is 2.43. The van der Waals surface area contributed by atoms with E-state index in [1.807, 2.05) is 20.8 Å². The topological polar surface area (TPSA) is 88.1 Å². The fourth-order valence-electron chi connectivity index (χ4n) is 3.20. The maximum atomic E-state index is 12.5. The quantitative estimate of drug-likeness (QED) is 0.855. The van der Waals surface area contributed by atoms with Crippen LogP contribution in [-0.2, 0) is 14.8 Å². The van der Waals surface area contributed by atoms with Crippen molar-refractivity contribution < 1.29 is 17.9 Å². The number of carbonyl (C=O) groups is 1. The van der Waals surface area contributed by atoms with Crippen molar-refractivity contribution in [1.82, 2.24) is 9.62 Å². The Morgan fingerprint density at radius 3 is 2.77 bits per heavy atom. The number of carbonyl (C=O) groups excluding carboxylic acids is 1. The number of ether oxygens (including phenoxy) is 1. The van der Waals surface area contributed by atoms with E-state index >= 15 is 0 Å². The second kappa shape index (κ2) is 6.90. The van der Waals surface area contributed by atoms with Crippen LogP contribution in [0.5, 0.6) is 0 Å². The summed E-state index contributed by atoms with van der Waals surface area (Å²) in [5, 5.41) is 0. The van der Waals surface area contributed by atoms with Gasteiger partial charge in [-0.3, -0.25) is 9.71 Å². The number of fused-ring (bicyclic) bond motifs is 1. The van der Waals surface area contributed by atoms with Crippen molar-refractivity contribution in [3.63, 3.8) is 0 Å². The lowest BCUT2D eigenvalue weighted by molar-refractivity contribution is 0.0110. The van der Waals surface area contributed by atoms with Gasteiger partial charge in [-0.15, -0.1) is 0 Å². The molecule has 0 bridgehead atoms. The Hall–Kier alpha value is -2.09. The molecule has 0 radical (unpaired) electrons. The van der Waals surface area contributed by atoms with E-state index in [2.05, 4.69) is 9.71 Å². The third-order valence-corrected chi connectivity index (χ3v) is 5.78. The van der Waals surface area contributed by atoms with E-state index in [9.17, 15) is 13.2 Å². The number of amidine groups is 1.